The van der Waals surface area contributed by atoms with Crippen molar-refractivity contribution in [3.63, 3.8) is 0 Å². The molecular formula is C12H11F2N3O2. The third-order valence-corrected chi connectivity index (χ3v) is 2.32. The number of ether oxygens (including phenoxy) is 1. The van der Waals surface area contributed by atoms with Gasteiger partial charge in [-0.1, -0.05) is 30.3 Å². The SMILES string of the molecule is CC(=O)OC(c1ccccc1)n1cnc(C(F)F)n1. The molecular weight excluding hydrogens is 256 g/mol. The number of benzene rings is 1. The molecule has 1 aromatic carbocycles. The predicted octanol–water partition coefficient (Wildman–Crippen LogP) is 2.33. The smallest absolute Gasteiger partial charge is 0.304 e. The minimum Gasteiger partial charge on any atom is -0.435 e. The summed E-state index contributed by atoms with van der Waals surface area (Å²) in [7, 11) is 0. The lowest BCUT2D eigenvalue weighted by Crippen LogP contribution is -2.18. The Kier molecular flexibility index (Phi) is 3.84. The van der Waals surface area contributed by atoms with Crippen LogP contribution in [0.4, 0.5) is 8.78 Å². The van der Waals surface area contributed by atoms with Crippen molar-refractivity contribution in [3.8, 4) is 0 Å². The number of rotatable bonds is 4. The second kappa shape index (κ2) is 5.55. The fourth-order valence-electron chi connectivity index (χ4n) is 1.55. The van der Waals surface area contributed by atoms with Gasteiger partial charge in [0.15, 0.2) is 0 Å². The Morgan fingerprint density at radius 3 is 2.53 bits per heavy atom. The third-order valence-electron chi connectivity index (χ3n) is 2.32. The highest BCUT2D eigenvalue weighted by molar-refractivity contribution is 5.66. The van der Waals surface area contributed by atoms with Gasteiger partial charge >= 0.3 is 5.97 Å². The summed E-state index contributed by atoms with van der Waals surface area (Å²) in [5.74, 6) is -1.14. The van der Waals surface area contributed by atoms with Crippen LogP contribution in [0.5, 0.6) is 0 Å². The summed E-state index contributed by atoms with van der Waals surface area (Å²) in [6.07, 6.45) is -2.56. The van der Waals surface area contributed by atoms with Crippen molar-refractivity contribution in [1.29, 1.82) is 0 Å². The van der Waals surface area contributed by atoms with Gasteiger partial charge in [-0.3, -0.25) is 4.79 Å². The molecule has 1 unspecified atom stereocenters. The van der Waals surface area contributed by atoms with E-state index in [2.05, 4.69) is 10.1 Å². The summed E-state index contributed by atoms with van der Waals surface area (Å²) >= 11 is 0. The molecule has 0 aliphatic heterocycles. The summed E-state index contributed by atoms with van der Waals surface area (Å²) in [4.78, 5) is 14.6. The predicted molar refractivity (Wildman–Crippen MR) is 61.3 cm³/mol. The standard InChI is InChI=1S/C12H11F2N3O2/c1-8(18)19-12(9-5-3-2-4-6-9)17-7-15-11(16-17)10(13)14/h2-7,10,12H,1H3. The van der Waals surface area contributed by atoms with Crippen molar-refractivity contribution < 1.29 is 18.3 Å². The lowest BCUT2D eigenvalue weighted by Gasteiger charge is -2.16. The maximum atomic E-state index is 12.5. The lowest BCUT2D eigenvalue weighted by molar-refractivity contribution is -0.148. The van der Waals surface area contributed by atoms with Crippen LogP contribution in [-0.2, 0) is 9.53 Å². The molecule has 0 aliphatic rings. The van der Waals surface area contributed by atoms with Crippen LogP contribution in [0, 0.1) is 0 Å². The van der Waals surface area contributed by atoms with E-state index in [1.54, 1.807) is 30.3 Å². The molecule has 0 bridgehead atoms. The van der Waals surface area contributed by atoms with E-state index in [1.807, 2.05) is 0 Å². The second-order valence-corrected chi connectivity index (χ2v) is 3.76. The van der Waals surface area contributed by atoms with E-state index in [1.165, 1.54) is 6.92 Å². The summed E-state index contributed by atoms with van der Waals surface area (Å²) in [6.45, 7) is 1.24. The van der Waals surface area contributed by atoms with E-state index in [-0.39, 0.29) is 0 Å². The molecule has 5 nitrogen and oxygen atoms in total. The van der Waals surface area contributed by atoms with Crippen LogP contribution in [0.15, 0.2) is 36.7 Å². The summed E-state index contributed by atoms with van der Waals surface area (Å²) in [6, 6.07) is 8.70. The highest BCUT2D eigenvalue weighted by Crippen LogP contribution is 2.21. The highest BCUT2D eigenvalue weighted by Gasteiger charge is 2.21. The molecule has 1 aromatic heterocycles. The van der Waals surface area contributed by atoms with E-state index in [0.29, 0.717) is 5.56 Å². The molecule has 2 rings (SSSR count). The Bertz CT molecular complexity index is 557. The number of alkyl halides is 2. The van der Waals surface area contributed by atoms with Crippen molar-refractivity contribution in [1.82, 2.24) is 14.8 Å². The number of esters is 1. The molecule has 19 heavy (non-hydrogen) atoms. The monoisotopic (exact) mass is 267 g/mol. The normalized spacial score (nSPS) is 12.4. The number of hydrogen-bond donors (Lipinski definition) is 0. The first-order valence-corrected chi connectivity index (χ1v) is 5.49. The van der Waals surface area contributed by atoms with Crippen LogP contribution in [0.2, 0.25) is 0 Å². The van der Waals surface area contributed by atoms with Gasteiger partial charge in [0, 0.05) is 12.5 Å². The van der Waals surface area contributed by atoms with Gasteiger partial charge < -0.3 is 4.74 Å². The number of nitrogens with zero attached hydrogens (tertiary/aromatic N) is 3. The number of carbonyl (C=O) groups excluding carboxylic acids is 1. The molecule has 2 aromatic rings. The number of hydrogen-bond acceptors (Lipinski definition) is 4. The number of aromatic nitrogens is 3. The number of halogens is 2. The average molecular weight is 267 g/mol. The molecule has 1 heterocycles. The van der Waals surface area contributed by atoms with Crippen LogP contribution in [-0.4, -0.2) is 20.7 Å². The van der Waals surface area contributed by atoms with E-state index in [4.69, 9.17) is 4.74 Å². The van der Waals surface area contributed by atoms with Gasteiger partial charge in [0.1, 0.15) is 6.33 Å². The lowest BCUT2D eigenvalue weighted by atomic mass is 10.2. The van der Waals surface area contributed by atoms with Crippen molar-refractivity contribution in [2.75, 3.05) is 0 Å². The molecule has 0 aliphatic carbocycles. The Morgan fingerprint density at radius 2 is 2.00 bits per heavy atom. The molecule has 0 saturated heterocycles. The van der Waals surface area contributed by atoms with Gasteiger partial charge in [0.05, 0.1) is 0 Å². The molecule has 0 amide bonds. The van der Waals surface area contributed by atoms with Gasteiger partial charge in [0.25, 0.3) is 6.43 Å². The van der Waals surface area contributed by atoms with Crippen LogP contribution in [0.3, 0.4) is 0 Å². The van der Waals surface area contributed by atoms with Crippen molar-refractivity contribution in [3.05, 3.63) is 48.0 Å². The summed E-state index contributed by atoms with van der Waals surface area (Å²) < 4.78 is 31.1. The Labute approximate surface area is 107 Å². The second-order valence-electron chi connectivity index (χ2n) is 3.76. The minimum absolute atomic E-state index is 0.539. The molecule has 0 saturated carbocycles. The number of carbonyl (C=O) groups is 1. The Balaban J connectivity index is 2.34. The average Bonchev–Trinajstić information content (AvgIpc) is 2.86. The van der Waals surface area contributed by atoms with Gasteiger partial charge in [-0.2, -0.15) is 0 Å². The molecule has 7 heteroatoms. The first kappa shape index (κ1) is 13.1. The Morgan fingerprint density at radius 1 is 1.32 bits per heavy atom. The molecule has 0 N–H and O–H groups in total. The fraction of sp³-hybridized carbons (Fsp3) is 0.250. The molecule has 1 atom stereocenters. The van der Waals surface area contributed by atoms with Crippen molar-refractivity contribution >= 4 is 5.97 Å². The highest BCUT2D eigenvalue weighted by atomic mass is 19.3. The van der Waals surface area contributed by atoms with Crippen LogP contribution < -0.4 is 0 Å². The fourth-order valence-corrected chi connectivity index (χ4v) is 1.55. The first-order valence-electron chi connectivity index (χ1n) is 5.49. The van der Waals surface area contributed by atoms with Gasteiger partial charge in [-0.05, 0) is 0 Å². The largest absolute Gasteiger partial charge is 0.435 e. The zero-order chi connectivity index (χ0) is 13.8. The Hall–Kier alpha value is -2.31. The third kappa shape index (κ3) is 3.12. The van der Waals surface area contributed by atoms with Gasteiger partial charge in [0.2, 0.25) is 12.1 Å². The first-order chi connectivity index (χ1) is 9.08. The van der Waals surface area contributed by atoms with Crippen LogP contribution in [0.1, 0.15) is 31.0 Å². The van der Waals surface area contributed by atoms with E-state index >= 15 is 0 Å². The quantitative estimate of drug-likeness (QED) is 0.798. The summed E-state index contributed by atoms with van der Waals surface area (Å²) in [5.41, 5.74) is 0.614. The van der Waals surface area contributed by atoms with Crippen LogP contribution >= 0.6 is 0 Å². The zero-order valence-corrected chi connectivity index (χ0v) is 10.0. The minimum atomic E-state index is -2.77. The maximum absolute atomic E-state index is 12.5. The van der Waals surface area contributed by atoms with Gasteiger partial charge in [-0.25, -0.2) is 18.4 Å². The molecule has 0 spiro atoms. The molecule has 0 fully saturated rings. The van der Waals surface area contributed by atoms with E-state index in [0.717, 1.165) is 11.0 Å². The summed E-state index contributed by atoms with van der Waals surface area (Å²) in [5, 5.41) is 3.62. The topological polar surface area (TPSA) is 57.0 Å². The molecule has 0 radical (unpaired) electrons. The van der Waals surface area contributed by atoms with Gasteiger partial charge in [-0.15, -0.1) is 5.10 Å². The van der Waals surface area contributed by atoms with E-state index in [9.17, 15) is 13.6 Å². The van der Waals surface area contributed by atoms with Crippen LogP contribution in [0.25, 0.3) is 0 Å². The van der Waals surface area contributed by atoms with Crippen molar-refractivity contribution in [2.24, 2.45) is 0 Å². The van der Waals surface area contributed by atoms with E-state index < -0.39 is 24.4 Å². The maximum Gasteiger partial charge on any atom is 0.304 e. The zero-order valence-electron chi connectivity index (χ0n) is 10.0. The molecule has 100 valence electrons. The van der Waals surface area contributed by atoms with Crippen molar-refractivity contribution in [2.45, 2.75) is 19.6 Å².